The van der Waals surface area contributed by atoms with Gasteiger partial charge in [0.05, 0.1) is 11.7 Å². The Bertz CT molecular complexity index is 1140. The van der Waals surface area contributed by atoms with Crippen molar-refractivity contribution in [2.45, 2.75) is 62.6 Å². The van der Waals surface area contributed by atoms with Gasteiger partial charge in [0.2, 0.25) is 24.0 Å². The molecule has 1 aromatic rings. The lowest BCUT2D eigenvalue weighted by molar-refractivity contribution is -0.271. The summed E-state index contributed by atoms with van der Waals surface area (Å²) in [6.45, 7) is 0.595. The minimum atomic E-state index is -1.94. The smallest absolute Gasteiger partial charge is 0.404 e. The molecular formula is C25H38N6O12. The maximum absolute atomic E-state index is 12.7. The number of nitrogens with two attached hydrogens (primary N) is 2. The second-order valence-corrected chi connectivity index (χ2v) is 9.48. The van der Waals surface area contributed by atoms with Crippen LogP contribution in [0, 0.1) is 0 Å². The number of hydrogen-bond donors (Lipinski definition) is 10. The molecule has 18 nitrogen and oxygen atoms in total. The van der Waals surface area contributed by atoms with Crippen molar-refractivity contribution in [3.8, 4) is 5.75 Å². The minimum absolute atomic E-state index is 0.0274. The third kappa shape index (κ3) is 11.3. The van der Waals surface area contributed by atoms with Gasteiger partial charge >= 0.3 is 12.1 Å². The van der Waals surface area contributed by atoms with Crippen LogP contribution >= 0.6 is 0 Å². The molecule has 1 aliphatic heterocycles. The van der Waals surface area contributed by atoms with Crippen molar-refractivity contribution >= 4 is 35.5 Å². The van der Waals surface area contributed by atoms with E-state index in [0.29, 0.717) is 18.7 Å². The van der Waals surface area contributed by atoms with E-state index in [4.69, 9.17) is 25.7 Å². The van der Waals surface area contributed by atoms with Crippen LogP contribution in [0.5, 0.6) is 5.75 Å². The molecule has 1 saturated heterocycles. The molecule has 0 radical (unpaired) electrons. The molecule has 12 N–H and O–H groups in total. The average molecular weight is 615 g/mol. The summed E-state index contributed by atoms with van der Waals surface area (Å²) in [6, 6.07) is 3.16. The Morgan fingerprint density at radius 3 is 2.35 bits per heavy atom. The molecule has 1 aliphatic rings. The molecule has 1 fully saturated rings. The highest BCUT2D eigenvalue weighted by molar-refractivity contribution is 5.93. The third-order valence-electron chi connectivity index (χ3n) is 6.12. The summed E-state index contributed by atoms with van der Waals surface area (Å²) in [7, 11) is 1.73. The Hall–Kier alpha value is -4.07. The largest absolute Gasteiger partial charge is 0.479 e. The van der Waals surface area contributed by atoms with E-state index in [0.717, 1.165) is 0 Å². The first-order valence-corrected chi connectivity index (χ1v) is 13.2. The SMILES string of the molecule is CNCCNC(=O)[C@H](N)CCC(=O)NCCC(=O)Nc1cc(COC(N)=O)ccc1O[C@H]1O[C@@H](C(=O)O)[C@H](O)[C@@H](O)[C@@H]1O. The Morgan fingerprint density at radius 1 is 0.977 bits per heavy atom. The van der Waals surface area contributed by atoms with Crippen molar-refractivity contribution in [1.29, 1.82) is 0 Å². The van der Waals surface area contributed by atoms with Crippen LogP contribution in [0.4, 0.5) is 10.5 Å². The van der Waals surface area contributed by atoms with E-state index in [2.05, 4.69) is 21.3 Å². The lowest BCUT2D eigenvalue weighted by Crippen LogP contribution is -2.61. The fraction of sp³-hybridized carbons (Fsp3) is 0.560. The first kappa shape index (κ1) is 35.1. The summed E-state index contributed by atoms with van der Waals surface area (Å²) in [5.74, 6) is -3.18. The summed E-state index contributed by atoms with van der Waals surface area (Å²) in [6.07, 6.45) is -10.6. The quantitative estimate of drug-likeness (QED) is 0.0806. The number of rotatable bonds is 16. The molecule has 0 unspecified atom stereocenters. The summed E-state index contributed by atoms with van der Waals surface area (Å²) < 4.78 is 15.4. The molecule has 0 aromatic heterocycles. The molecule has 18 heteroatoms. The third-order valence-corrected chi connectivity index (χ3v) is 6.12. The van der Waals surface area contributed by atoms with Crippen LogP contribution in [0.1, 0.15) is 24.8 Å². The number of carboxylic acids is 1. The van der Waals surface area contributed by atoms with E-state index in [9.17, 15) is 44.4 Å². The monoisotopic (exact) mass is 614 g/mol. The van der Waals surface area contributed by atoms with Gasteiger partial charge in [0, 0.05) is 32.5 Å². The van der Waals surface area contributed by atoms with Gasteiger partial charge in [0.1, 0.15) is 30.7 Å². The summed E-state index contributed by atoms with van der Waals surface area (Å²) in [5.41, 5.74) is 11.1. The van der Waals surface area contributed by atoms with Gasteiger partial charge in [0.15, 0.2) is 6.10 Å². The number of ether oxygens (including phenoxy) is 3. The Morgan fingerprint density at radius 2 is 1.70 bits per heavy atom. The van der Waals surface area contributed by atoms with Gasteiger partial charge in [-0.1, -0.05) is 6.07 Å². The summed E-state index contributed by atoms with van der Waals surface area (Å²) in [4.78, 5) is 59.1. The van der Waals surface area contributed by atoms with Crippen LogP contribution in [0.2, 0.25) is 0 Å². The van der Waals surface area contributed by atoms with Crippen molar-refractivity contribution in [2.24, 2.45) is 11.5 Å². The zero-order valence-electron chi connectivity index (χ0n) is 23.4. The Kier molecular flexibility index (Phi) is 14.0. The molecule has 1 heterocycles. The van der Waals surface area contributed by atoms with Crippen LogP contribution in [-0.2, 0) is 35.3 Å². The number of anilines is 1. The van der Waals surface area contributed by atoms with E-state index in [1.54, 1.807) is 7.05 Å². The van der Waals surface area contributed by atoms with Crippen LogP contribution in [0.3, 0.4) is 0 Å². The van der Waals surface area contributed by atoms with E-state index in [1.165, 1.54) is 18.2 Å². The molecule has 240 valence electrons. The lowest BCUT2D eigenvalue weighted by Gasteiger charge is -2.38. The first-order chi connectivity index (χ1) is 20.3. The van der Waals surface area contributed by atoms with Crippen LogP contribution < -0.4 is 37.5 Å². The van der Waals surface area contributed by atoms with Gasteiger partial charge in [0.25, 0.3) is 0 Å². The van der Waals surface area contributed by atoms with E-state index >= 15 is 0 Å². The van der Waals surface area contributed by atoms with Crippen LogP contribution in [0.15, 0.2) is 18.2 Å². The number of benzene rings is 1. The maximum atomic E-state index is 12.7. The zero-order valence-corrected chi connectivity index (χ0v) is 23.4. The standard InChI is InChI=1S/C25H38N6O12/c1-28-8-9-30-22(37)13(26)3-5-16(32)29-7-6-17(33)31-14-10-12(11-41-25(27)40)2-4-15(14)42-24-20(36)18(34)19(35)21(43-24)23(38)39/h2,4,10,13,18-21,24,28,34-36H,3,5-9,11,26H2,1H3,(H2,27,40)(H,29,32)(H,30,37)(H,31,33)(H,38,39)/t13-,18-,19-,20+,21-,24+/m1/s1. The second kappa shape index (κ2) is 17.1. The predicted molar refractivity (Wildman–Crippen MR) is 146 cm³/mol. The van der Waals surface area contributed by atoms with Crippen molar-refractivity contribution in [2.75, 3.05) is 32.0 Å². The molecule has 4 amide bonds. The topological polar surface area (TPSA) is 294 Å². The van der Waals surface area contributed by atoms with E-state index < -0.39 is 60.6 Å². The molecule has 0 saturated carbocycles. The fourth-order valence-corrected chi connectivity index (χ4v) is 3.77. The number of carbonyl (C=O) groups excluding carboxylic acids is 4. The second-order valence-electron chi connectivity index (χ2n) is 9.48. The maximum Gasteiger partial charge on any atom is 0.404 e. The summed E-state index contributed by atoms with van der Waals surface area (Å²) >= 11 is 0. The predicted octanol–water partition coefficient (Wildman–Crippen LogP) is -3.56. The van der Waals surface area contributed by atoms with E-state index in [-0.39, 0.29) is 49.8 Å². The van der Waals surface area contributed by atoms with Crippen LogP contribution in [-0.4, -0.2) is 114 Å². The summed E-state index contributed by atoms with van der Waals surface area (Å²) in [5, 5.41) is 50.1. The molecule has 1 aromatic carbocycles. The van der Waals surface area contributed by atoms with Crippen LogP contribution in [0.25, 0.3) is 0 Å². The number of carbonyl (C=O) groups is 5. The minimum Gasteiger partial charge on any atom is -0.479 e. The number of amides is 4. The normalized spacial score (nSPS) is 22.1. The van der Waals surface area contributed by atoms with Crippen molar-refractivity contribution in [1.82, 2.24) is 16.0 Å². The molecule has 2 rings (SSSR count). The number of likely N-dealkylation sites (N-methyl/N-ethyl adjacent to an activating group) is 1. The number of hydrogen-bond acceptors (Lipinski definition) is 13. The molecule has 0 spiro atoms. The van der Waals surface area contributed by atoms with Gasteiger partial charge < -0.3 is 67.4 Å². The molecule has 0 bridgehead atoms. The number of nitrogens with one attached hydrogen (secondary N) is 4. The van der Waals surface area contributed by atoms with Crippen molar-refractivity contribution in [3.63, 3.8) is 0 Å². The fourth-order valence-electron chi connectivity index (χ4n) is 3.77. The highest BCUT2D eigenvalue weighted by atomic mass is 16.7. The van der Waals surface area contributed by atoms with Gasteiger partial charge in [-0.25, -0.2) is 9.59 Å². The number of aliphatic hydroxyl groups is 3. The van der Waals surface area contributed by atoms with Gasteiger partial charge in [-0.2, -0.15) is 0 Å². The lowest BCUT2D eigenvalue weighted by atomic mass is 9.99. The molecule has 43 heavy (non-hydrogen) atoms. The highest BCUT2D eigenvalue weighted by Gasteiger charge is 2.48. The highest BCUT2D eigenvalue weighted by Crippen LogP contribution is 2.31. The van der Waals surface area contributed by atoms with Gasteiger partial charge in [-0.15, -0.1) is 0 Å². The Balaban J connectivity index is 2.00. The number of primary amides is 1. The van der Waals surface area contributed by atoms with Gasteiger partial charge in [-0.3, -0.25) is 14.4 Å². The Labute approximate surface area is 246 Å². The number of carboxylic acid groups (broad SMARTS) is 1. The number of aliphatic hydroxyl groups excluding tert-OH is 3. The number of aliphatic carboxylic acids is 1. The van der Waals surface area contributed by atoms with E-state index in [1.807, 2.05) is 0 Å². The van der Waals surface area contributed by atoms with Gasteiger partial charge in [-0.05, 0) is 31.2 Å². The zero-order chi connectivity index (χ0) is 32.1. The molecular weight excluding hydrogens is 576 g/mol. The van der Waals surface area contributed by atoms with Crippen molar-refractivity contribution < 1.29 is 58.6 Å². The first-order valence-electron chi connectivity index (χ1n) is 13.2. The molecule has 0 aliphatic carbocycles. The van der Waals surface area contributed by atoms with Crippen molar-refractivity contribution in [3.05, 3.63) is 23.8 Å². The average Bonchev–Trinajstić information content (AvgIpc) is 2.95. The molecule has 6 atom stereocenters.